The molecule has 14 aromatic rings. The molecule has 0 spiro atoms. The zero-order valence-corrected chi connectivity index (χ0v) is 45.1. The van der Waals surface area contributed by atoms with Crippen LogP contribution in [0.1, 0.15) is 0 Å². The van der Waals surface area contributed by atoms with Crippen LogP contribution >= 0.6 is 0 Å². The van der Waals surface area contributed by atoms with Gasteiger partial charge in [0.15, 0.2) is 0 Å². The Morgan fingerprint density at radius 1 is 0.211 bits per heavy atom. The van der Waals surface area contributed by atoms with E-state index in [-0.39, 0.29) is 0 Å². The van der Waals surface area contributed by atoms with Crippen LogP contribution in [0.3, 0.4) is 0 Å². The number of benzene rings is 14. The predicted octanol–water partition coefficient (Wildman–Crippen LogP) is 18.0. The third kappa shape index (κ3) is 5.94. The molecule has 0 N–H and O–H groups in total. The van der Waals surface area contributed by atoms with Crippen LogP contribution in [-0.4, -0.2) is 16.1 Å². The lowest BCUT2D eigenvalue weighted by Gasteiger charge is -2.39. The van der Waals surface area contributed by atoms with Crippen molar-refractivity contribution < 1.29 is 0 Å². The highest BCUT2D eigenvalue weighted by Gasteiger charge is 2.42. The summed E-state index contributed by atoms with van der Waals surface area (Å²) in [4.78, 5) is 0. The minimum absolute atomic E-state index is 1.27. The Morgan fingerprint density at radius 3 is 0.855 bits per heavy atom. The first kappa shape index (κ1) is 43.7. The Balaban J connectivity index is 0.867. The first-order valence-corrected chi connectivity index (χ1v) is 33.0. The van der Waals surface area contributed by atoms with Crippen molar-refractivity contribution in [1.82, 2.24) is 0 Å². The Bertz CT molecular complexity index is 4450. The van der Waals surface area contributed by atoms with Crippen molar-refractivity contribution in [3.63, 3.8) is 0 Å². The molecule has 0 saturated carbocycles. The number of rotatable bonds is 4. The van der Waals surface area contributed by atoms with Gasteiger partial charge in [0.25, 0.3) is 0 Å². The SMILES string of the molecule is C[Si]1(C)c2cc(-c3c4ccccc4c(-c4cccc5ccccc45)c4ccccc34)ccc2-c2ccc3c4c(ccc1c24)[Si](C)(C)c1cc(-c2c4ccccc4c(-c4cccc5ccccc45)c4ccccc24)ccc1-3. The molecule has 2 aliphatic heterocycles. The van der Waals surface area contributed by atoms with E-state index in [0.717, 1.165) is 0 Å². The third-order valence-corrected chi connectivity index (χ3v) is 25.1. The highest BCUT2D eigenvalue weighted by molar-refractivity contribution is 7.06. The fraction of sp³-hybridized carbons (Fsp3) is 0.0541. The van der Waals surface area contributed by atoms with Crippen LogP contribution in [0.2, 0.25) is 26.2 Å². The molecule has 0 atom stereocenters. The van der Waals surface area contributed by atoms with Crippen molar-refractivity contribution in [2.45, 2.75) is 26.2 Å². The quantitative estimate of drug-likeness (QED) is 0.122. The van der Waals surface area contributed by atoms with Crippen LogP contribution < -0.4 is 20.7 Å². The van der Waals surface area contributed by atoms with Crippen LogP contribution in [0.4, 0.5) is 0 Å². The van der Waals surface area contributed by atoms with Gasteiger partial charge in [0, 0.05) is 0 Å². The van der Waals surface area contributed by atoms with Crippen molar-refractivity contribution in [3.05, 3.63) is 243 Å². The summed E-state index contributed by atoms with van der Waals surface area (Å²) in [7, 11) is -4.52. The normalized spacial score (nSPS) is 14.0. The molecule has 0 saturated heterocycles. The second-order valence-electron chi connectivity index (χ2n) is 22.6. The Labute approximate surface area is 445 Å². The van der Waals surface area contributed by atoms with E-state index in [2.05, 4.69) is 269 Å². The zero-order chi connectivity index (χ0) is 50.6. The summed E-state index contributed by atoms with van der Waals surface area (Å²) < 4.78 is 0. The fourth-order valence-electron chi connectivity index (χ4n) is 14.5. The molecular formula is C74H52Si2. The van der Waals surface area contributed by atoms with Crippen LogP contribution in [0, 0.1) is 0 Å². The van der Waals surface area contributed by atoms with Crippen molar-refractivity contribution in [2.24, 2.45) is 0 Å². The second kappa shape index (κ2) is 15.9. The highest BCUT2D eigenvalue weighted by atomic mass is 28.3. The predicted molar refractivity (Wildman–Crippen MR) is 335 cm³/mol. The lowest BCUT2D eigenvalue weighted by atomic mass is 9.84. The molecule has 0 radical (unpaired) electrons. The van der Waals surface area contributed by atoms with Gasteiger partial charge in [-0.15, -0.1) is 0 Å². The Kier molecular flexibility index (Phi) is 9.16. The minimum Gasteiger partial charge on any atom is -0.0620 e. The van der Waals surface area contributed by atoms with E-state index >= 15 is 0 Å². The van der Waals surface area contributed by atoms with Gasteiger partial charge in [-0.05, 0) is 163 Å². The summed E-state index contributed by atoms with van der Waals surface area (Å²) in [5.74, 6) is 0. The van der Waals surface area contributed by atoms with Crippen molar-refractivity contribution in [3.8, 4) is 66.8 Å². The van der Waals surface area contributed by atoms with Gasteiger partial charge < -0.3 is 0 Å². The van der Waals surface area contributed by atoms with E-state index in [0.29, 0.717) is 0 Å². The Morgan fingerprint density at radius 2 is 0.500 bits per heavy atom. The van der Waals surface area contributed by atoms with Gasteiger partial charge in [-0.3, -0.25) is 0 Å². The van der Waals surface area contributed by atoms with Crippen LogP contribution in [-0.2, 0) is 0 Å². The molecule has 16 rings (SSSR count). The summed E-state index contributed by atoms with van der Waals surface area (Å²) in [5, 5.41) is 24.6. The standard InChI is InChI=1S/C74H52Si2/c1-75(2)65-41-42-66-74-64(52-38-36-48(44-68(52)76(66,3)4)70-57-27-11-15-31-61(57)72(62-32-16-12-28-58(62)70)54-34-18-22-46-20-6-8-24-50(46)54)40-39-63(73(65)74)51-37-35-47(43-67(51)75)69-55-25-9-13-29-59(55)71(60-30-14-10-26-56(60)69)53-33-17-21-45-19-5-7-23-49(45)53/h5-44H,1-4H3. The Hall–Kier alpha value is -8.67. The number of hydrogen-bond acceptors (Lipinski definition) is 0. The monoisotopic (exact) mass is 996 g/mol. The lowest BCUT2D eigenvalue weighted by Crippen LogP contribution is -2.59. The van der Waals surface area contributed by atoms with E-state index in [1.165, 1.54) is 153 Å². The van der Waals surface area contributed by atoms with Gasteiger partial charge in [0.05, 0.1) is 0 Å². The summed E-state index contributed by atoms with van der Waals surface area (Å²) in [5.41, 5.74) is 16.0. The molecule has 2 aliphatic rings. The molecule has 2 heteroatoms. The number of fused-ring (bicyclic) bond motifs is 10. The second-order valence-corrected chi connectivity index (χ2v) is 31.2. The number of hydrogen-bond donors (Lipinski definition) is 0. The van der Waals surface area contributed by atoms with Gasteiger partial charge in [-0.25, -0.2) is 0 Å². The lowest BCUT2D eigenvalue weighted by molar-refractivity contribution is 1.59. The zero-order valence-electron chi connectivity index (χ0n) is 43.1. The molecule has 14 aromatic carbocycles. The largest absolute Gasteiger partial charge is 0.113 e. The molecule has 0 amide bonds. The average molecular weight is 997 g/mol. The van der Waals surface area contributed by atoms with E-state index in [9.17, 15) is 0 Å². The van der Waals surface area contributed by atoms with E-state index in [4.69, 9.17) is 0 Å². The molecule has 356 valence electrons. The van der Waals surface area contributed by atoms with Crippen LogP contribution in [0.25, 0.3) is 142 Å². The molecule has 0 aliphatic carbocycles. The molecule has 2 heterocycles. The van der Waals surface area contributed by atoms with Gasteiger partial charge in [0.2, 0.25) is 0 Å². The van der Waals surface area contributed by atoms with Crippen LogP contribution in [0.15, 0.2) is 243 Å². The van der Waals surface area contributed by atoms with Gasteiger partial charge >= 0.3 is 0 Å². The van der Waals surface area contributed by atoms with Gasteiger partial charge in [-0.2, -0.15) is 0 Å². The average Bonchev–Trinajstić information content (AvgIpc) is 3.66. The maximum atomic E-state index is 2.61. The first-order chi connectivity index (χ1) is 37.3. The summed E-state index contributed by atoms with van der Waals surface area (Å²) in [6.45, 7) is 10.4. The smallest absolute Gasteiger partial charge is 0.0620 e. The summed E-state index contributed by atoms with van der Waals surface area (Å²) in [6, 6.07) is 92.8. The summed E-state index contributed by atoms with van der Waals surface area (Å²) in [6.07, 6.45) is 0. The highest BCUT2D eigenvalue weighted by Crippen LogP contribution is 2.49. The molecule has 0 nitrogen and oxygen atoms in total. The fourth-order valence-corrected chi connectivity index (χ4v) is 20.7. The topological polar surface area (TPSA) is 0 Å². The summed E-state index contributed by atoms with van der Waals surface area (Å²) >= 11 is 0. The molecule has 0 bridgehead atoms. The minimum atomic E-state index is -2.26. The third-order valence-electron chi connectivity index (χ3n) is 18.0. The molecule has 0 aromatic heterocycles. The molecular weight excluding hydrogens is 945 g/mol. The van der Waals surface area contributed by atoms with Crippen molar-refractivity contribution in [1.29, 1.82) is 0 Å². The molecule has 0 unspecified atom stereocenters. The maximum Gasteiger partial charge on any atom is 0.113 e. The van der Waals surface area contributed by atoms with Crippen molar-refractivity contribution >= 4 is 112 Å². The van der Waals surface area contributed by atoms with E-state index in [1.54, 1.807) is 10.4 Å². The molecule has 76 heavy (non-hydrogen) atoms. The van der Waals surface area contributed by atoms with E-state index < -0.39 is 16.1 Å². The van der Waals surface area contributed by atoms with Crippen LogP contribution in [0.5, 0.6) is 0 Å². The maximum absolute atomic E-state index is 2.61. The van der Waals surface area contributed by atoms with E-state index in [1.807, 2.05) is 0 Å². The first-order valence-electron chi connectivity index (χ1n) is 27.0. The molecule has 0 fully saturated rings. The van der Waals surface area contributed by atoms with Gasteiger partial charge in [-0.1, -0.05) is 269 Å². The van der Waals surface area contributed by atoms with Gasteiger partial charge in [0.1, 0.15) is 16.1 Å². The van der Waals surface area contributed by atoms with Crippen molar-refractivity contribution in [2.75, 3.05) is 0 Å².